The molecule has 6 heteroatoms. The number of nitro groups is 1. The first-order chi connectivity index (χ1) is 5.31. The molecule has 0 radical (unpaired) electrons. The van der Waals surface area contributed by atoms with Gasteiger partial charge in [-0.2, -0.15) is 0 Å². The van der Waals surface area contributed by atoms with Crippen molar-refractivity contribution < 1.29 is 14.5 Å². The van der Waals surface area contributed by atoms with Gasteiger partial charge in [0, 0.05) is 10.5 Å². The number of carbonyl (C=O) groups is 1. The maximum atomic E-state index is 10.6. The third-order valence-electron chi connectivity index (χ3n) is 0.863. The molecule has 0 bridgehead atoms. The minimum Gasteiger partial charge on any atom is -0.459 e. The highest BCUT2D eigenvalue weighted by atomic mass is 16.6. The van der Waals surface area contributed by atoms with Gasteiger partial charge in [0.2, 0.25) is 0 Å². The summed E-state index contributed by atoms with van der Waals surface area (Å²) in [5.41, 5.74) is 4.82. The van der Waals surface area contributed by atoms with Gasteiger partial charge in [0.15, 0.2) is 0 Å². The zero-order valence-corrected chi connectivity index (χ0v) is 7.07. The van der Waals surface area contributed by atoms with Crippen LogP contribution in [-0.2, 0) is 9.53 Å². The molecule has 0 unspecified atom stereocenters. The monoisotopic (exact) mass is 176 g/mol. The fourth-order valence-corrected chi connectivity index (χ4v) is 0.418. The molecule has 0 aliphatic rings. The SMILES string of the molecule is CC(C)(N)COC(=O)C[N+](=O)[O-]. The summed E-state index contributed by atoms with van der Waals surface area (Å²) in [6, 6.07) is 0. The Labute approximate surface area is 69.8 Å². The van der Waals surface area contributed by atoms with Crippen molar-refractivity contribution in [1.29, 1.82) is 0 Å². The number of nitrogens with zero attached hydrogens (tertiary/aromatic N) is 1. The van der Waals surface area contributed by atoms with Crippen molar-refractivity contribution in [2.24, 2.45) is 5.73 Å². The van der Waals surface area contributed by atoms with Crippen LogP contribution in [-0.4, -0.2) is 29.6 Å². The highest BCUT2D eigenvalue weighted by Crippen LogP contribution is 1.96. The Morgan fingerprint density at radius 1 is 1.67 bits per heavy atom. The van der Waals surface area contributed by atoms with Crippen LogP contribution in [0.2, 0.25) is 0 Å². The van der Waals surface area contributed by atoms with Gasteiger partial charge in [-0.05, 0) is 13.8 Å². The summed E-state index contributed by atoms with van der Waals surface area (Å²) in [6.45, 7) is 2.49. The first kappa shape index (κ1) is 10.8. The van der Waals surface area contributed by atoms with Crippen LogP contribution < -0.4 is 5.73 Å². The highest BCUT2D eigenvalue weighted by molar-refractivity contribution is 5.70. The fourth-order valence-electron chi connectivity index (χ4n) is 0.418. The molecule has 6 nitrogen and oxygen atoms in total. The molecule has 0 aliphatic heterocycles. The van der Waals surface area contributed by atoms with Crippen molar-refractivity contribution >= 4 is 5.97 Å². The van der Waals surface area contributed by atoms with E-state index in [1.54, 1.807) is 13.8 Å². The Hall–Kier alpha value is -1.17. The first-order valence-electron chi connectivity index (χ1n) is 3.37. The van der Waals surface area contributed by atoms with Gasteiger partial charge < -0.3 is 10.5 Å². The number of ether oxygens (including phenoxy) is 1. The number of esters is 1. The van der Waals surface area contributed by atoms with E-state index < -0.39 is 23.0 Å². The third kappa shape index (κ3) is 6.94. The second-order valence-electron chi connectivity index (χ2n) is 3.14. The van der Waals surface area contributed by atoms with Crippen LogP contribution in [0.25, 0.3) is 0 Å². The van der Waals surface area contributed by atoms with Crippen molar-refractivity contribution in [3.8, 4) is 0 Å². The zero-order valence-electron chi connectivity index (χ0n) is 7.07. The summed E-state index contributed by atoms with van der Waals surface area (Å²) in [7, 11) is 0. The lowest BCUT2D eigenvalue weighted by atomic mass is 10.1. The van der Waals surface area contributed by atoms with Crippen LogP contribution in [0, 0.1) is 10.1 Å². The van der Waals surface area contributed by atoms with Crippen molar-refractivity contribution in [2.45, 2.75) is 19.4 Å². The lowest BCUT2D eigenvalue weighted by molar-refractivity contribution is -0.470. The van der Waals surface area contributed by atoms with Gasteiger partial charge in [0.1, 0.15) is 6.61 Å². The van der Waals surface area contributed by atoms with E-state index in [0.717, 1.165) is 0 Å². The average Bonchev–Trinajstić information content (AvgIpc) is 1.80. The van der Waals surface area contributed by atoms with E-state index in [0.29, 0.717) is 0 Å². The minimum absolute atomic E-state index is 0.0142. The average molecular weight is 176 g/mol. The molecule has 0 saturated carbocycles. The van der Waals surface area contributed by atoms with E-state index in [4.69, 9.17) is 5.73 Å². The summed E-state index contributed by atoms with van der Waals surface area (Å²) in [5.74, 6) is -0.862. The van der Waals surface area contributed by atoms with Crippen LogP contribution in [0.5, 0.6) is 0 Å². The second kappa shape index (κ2) is 4.01. The van der Waals surface area contributed by atoms with E-state index in [-0.39, 0.29) is 6.61 Å². The summed E-state index contributed by atoms with van der Waals surface area (Å²) >= 11 is 0. The molecule has 70 valence electrons. The normalized spacial score (nSPS) is 10.9. The van der Waals surface area contributed by atoms with E-state index in [9.17, 15) is 14.9 Å². The number of hydrogen-bond acceptors (Lipinski definition) is 5. The predicted molar refractivity (Wildman–Crippen MR) is 41.1 cm³/mol. The van der Waals surface area contributed by atoms with Crippen LogP contribution in [0.3, 0.4) is 0 Å². The van der Waals surface area contributed by atoms with Gasteiger partial charge >= 0.3 is 5.97 Å². The smallest absolute Gasteiger partial charge is 0.378 e. The third-order valence-corrected chi connectivity index (χ3v) is 0.863. The van der Waals surface area contributed by atoms with Gasteiger partial charge in [-0.3, -0.25) is 10.1 Å². The Bertz CT molecular complexity index is 184. The molecule has 0 aromatic heterocycles. The molecule has 0 heterocycles. The van der Waals surface area contributed by atoms with Crippen molar-refractivity contribution in [3.05, 3.63) is 10.1 Å². The Balaban J connectivity index is 3.65. The molecular weight excluding hydrogens is 164 g/mol. The van der Waals surface area contributed by atoms with Crippen molar-refractivity contribution in [3.63, 3.8) is 0 Å². The van der Waals surface area contributed by atoms with Gasteiger partial charge in [-0.15, -0.1) is 0 Å². The van der Waals surface area contributed by atoms with Crippen LogP contribution in [0.15, 0.2) is 0 Å². The Morgan fingerprint density at radius 2 is 2.17 bits per heavy atom. The molecule has 2 N–H and O–H groups in total. The molecule has 0 saturated heterocycles. The Kier molecular flexibility index (Phi) is 3.62. The second-order valence-corrected chi connectivity index (χ2v) is 3.14. The molecule has 0 spiro atoms. The zero-order chi connectivity index (χ0) is 9.78. The lowest BCUT2D eigenvalue weighted by Crippen LogP contribution is -2.39. The van der Waals surface area contributed by atoms with E-state index in [1.807, 2.05) is 0 Å². The molecule has 0 aromatic rings. The number of hydrogen-bond donors (Lipinski definition) is 1. The van der Waals surface area contributed by atoms with E-state index in [2.05, 4.69) is 4.74 Å². The summed E-state index contributed by atoms with van der Waals surface area (Å²) in [4.78, 5) is 19.6. The molecule has 0 fully saturated rings. The first-order valence-corrected chi connectivity index (χ1v) is 3.37. The van der Waals surface area contributed by atoms with Crippen LogP contribution in [0.4, 0.5) is 0 Å². The predicted octanol–water partition coefficient (Wildman–Crippen LogP) is -0.456. The maximum Gasteiger partial charge on any atom is 0.378 e. The Morgan fingerprint density at radius 3 is 2.50 bits per heavy atom. The maximum absolute atomic E-state index is 10.6. The number of carbonyl (C=O) groups excluding carboxylic acids is 1. The summed E-state index contributed by atoms with van der Waals surface area (Å²) < 4.78 is 4.51. The number of rotatable bonds is 4. The molecule has 0 aliphatic carbocycles. The van der Waals surface area contributed by atoms with E-state index >= 15 is 0 Å². The number of nitrogens with two attached hydrogens (primary N) is 1. The summed E-state index contributed by atoms with van der Waals surface area (Å²) in [5, 5.41) is 9.81. The van der Waals surface area contributed by atoms with Gasteiger partial charge in [0.25, 0.3) is 6.54 Å². The lowest BCUT2D eigenvalue weighted by Gasteiger charge is -2.16. The molecule has 0 aromatic carbocycles. The van der Waals surface area contributed by atoms with Crippen LogP contribution >= 0.6 is 0 Å². The largest absolute Gasteiger partial charge is 0.459 e. The molecule has 0 atom stereocenters. The fraction of sp³-hybridized carbons (Fsp3) is 0.833. The molecule has 0 rings (SSSR count). The molecule has 12 heavy (non-hydrogen) atoms. The molecular formula is C6H12N2O4. The highest BCUT2D eigenvalue weighted by Gasteiger charge is 2.16. The van der Waals surface area contributed by atoms with Crippen LogP contribution in [0.1, 0.15) is 13.8 Å². The van der Waals surface area contributed by atoms with E-state index in [1.165, 1.54) is 0 Å². The quantitative estimate of drug-likeness (QED) is 0.355. The van der Waals surface area contributed by atoms with Gasteiger partial charge in [-0.1, -0.05) is 0 Å². The molecule has 0 amide bonds. The standard InChI is InChI=1S/C6H12N2O4/c1-6(2,7)4-12-5(9)3-8(10)11/h3-4,7H2,1-2H3. The summed E-state index contributed by atoms with van der Waals surface area (Å²) in [6.07, 6.45) is 0. The minimum atomic E-state index is -0.862. The topological polar surface area (TPSA) is 95.5 Å². The van der Waals surface area contributed by atoms with Gasteiger partial charge in [-0.25, -0.2) is 4.79 Å². The van der Waals surface area contributed by atoms with Crippen molar-refractivity contribution in [2.75, 3.05) is 13.2 Å². The van der Waals surface area contributed by atoms with Gasteiger partial charge in [0.05, 0.1) is 0 Å². The van der Waals surface area contributed by atoms with Crippen molar-refractivity contribution in [1.82, 2.24) is 0 Å².